The number of fused-ring (bicyclic) bond motifs is 1. The summed E-state index contributed by atoms with van der Waals surface area (Å²) in [6.45, 7) is 0. The Morgan fingerprint density at radius 1 is 0.545 bits per heavy atom. The second-order valence-electron chi connectivity index (χ2n) is 2.35. The molecule has 1 heteroatoms. The number of hydrogen-bond donors (Lipinski definition) is 0. The smallest absolute Gasteiger partial charge is 0.0184 e. The molecule has 0 aromatic heterocycles. The third-order valence-electron chi connectivity index (χ3n) is 1.66. The standard InChI is InChI=1S/C10H8.B/c1-2-6-10-8-4-3-7-9(10)5-1;/h1-8H;/q;-1. The fourth-order valence-electron chi connectivity index (χ4n) is 1.13. The van der Waals surface area contributed by atoms with E-state index in [1.54, 1.807) is 0 Å². The van der Waals surface area contributed by atoms with Crippen LogP contribution in [-0.4, -0.2) is 8.41 Å². The van der Waals surface area contributed by atoms with Crippen LogP contribution in [0.15, 0.2) is 48.5 Å². The number of rotatable bonds is 0. The first-order valence-electron chi connectivity index (χ1n) is 3.40. The van der Waals surface area contributed by atoms with Gasteiger partial charge >= 0.3 is 0 Å². The van der Waals surface area contributed by atoms with Gasteiger partial charge in [0.05, 0.1) is 0 Å². The van der Waals surface area contributed by atoms with Crippen LogP contribution in [0.1, 0.15) is 0 Å². The van der Waals surface area contributed by atoms with Crippen molar-refractivity contribution in [3.63, 3.8) is 0 Å². The van der Waals surface area contributed by atoms with Gasteiger partial charge in [-0.1, -0.05) is 48.5 Å². The van der Waals surface area contributed by atoms with Gasteiger partial charge in [0.2, 0.25) is 0 Å². The summed E-state index contributed by atoms with van der Waals surface area (Å²) < 4.78 is 0. The van der Waals surface area contributed by atoms with Crippen molar-refractivity contribution in [3.8, 4) is 0 Å². The van der Waals surface area contributed by atoms with Crippen molar-refractivity contribution < 1.29 is 0 Å². The third kappa shape index (κ3) is 1.43. The van der Waals surface area contributed by atoms with Crippen LogP contribution in [0, 0.1) is 0 Å². The van der Waals surface area contributed by atoms with Crippen LogP contribution in [-0.2, 0) is 0 Å². The zero-order chi connectivity index (χ0) is 6.81. The Hall–Kier alpha value is -1.24. The molecular formula is C10H8B-. The average Bonchev–Trinajstić information content (AvgIpc) is 2.05. The van der Waals surface area contributed by atoms with E-state index >= 15 is 0 Å². The van der Waals surface area contributed by atoms with Gasteiger partial charge in [0.25, 0.3) is 0 Å². The van der Waals surface area contributed by atoms with E-state index in [0.717, 1.165) is 0 Å². The van der Waals surface area contributed by atoms with Gasteiger partial charge in [-0.05, 0) is 10.8 Å². The molecule has 0 heterocycles. The summed E-state index contributed by atoms with van der Waals surface area (Å²) >= 11 is 0. The summed E-state index contributed by atoms with van der Waals surface area (Å²) in [6.07, 6.45) is 0. The molecule has 0 spiro atoms. The Balaban J connectivity index is 0.000000605. The number of benzene rings is 2. The van der Waals surface area contributed by atoms with Crippen LogP contribution in [0.4, 0.5) is 0 Å². The molecule has 0 atom stereocenters. The van der Waals surface area contributed by atoms with Crippen LogP contribution in [0.2, 0.25) is 0 Å². The lowest BCUT2D eigenvalue weighted by Gasteiger charge is -1.92. The molecule has 4 radical (unpaired) electrons. The summed E-state index contributed by atoms with van der Waals surface area (Å²) in [6, 6.07) is 16.7. The van der Waals surface area contributed by atoms with Crippen molar-refractivity contribution in [1.82, 2.24) is 0 Å². The highest BCUT2D eigenvalue weighted by Gasteiger charge is 1.85. The highest BCUT2D eigenvalue weighted by atomic mass is 13.9. The second-order valence-corrected chi connectivity index (χ2v) is 2.35. The predicted octanol–water partition coefficient (Wildman–Crippen LogP) is 2.46. The molecule has 0 aliphatic carbocycles. The first-order chi connectivity index (χ1) is 4.97. The minimum atomic E-state index is 0. The number of hydrogen-bond acceptors (Lipinski definition) is 0. The summed E-state index contributed by atoms with van der Waals surface area (Å²) in [5.74, 6) is 0. The fraction of sp³-hybridized carbons (Fsp3) is 0. The van der Waals surface area contributed by atoms with Crippen LogP contribution < -0.4 is 0 Å². The van der Waals surface area contributed by atoms with E-state index in [0.29, 0.717) is 0 Å². The Morgan fingerprint density at radius 2 is 0.818 bits per heavy atom. The molecule has 0 fully saturated rings. The lowest BCUT2D eigenvalue weighted by atomic mass is 10.1. The summed E-state index contributed by atoms with van der Waals surface area (Å²) in [5, 5.41) is 2.62. The maximum Gasteiger partial charge on any atom is -0.0184 e. The predicted molar refractivity (Wildman–Crippen MR) is 49.7 cm³/mol. The molecule has 0 saturated heterocycles. The SMILES string of the molecule is [B-].c1ccc2ccccc2c1. The highest BCUT2D eigenvalue weighted by Crippen LogP contribution is 2.11. The molecule has 52 valence electrons. The molecule has 0 aliphatic heterocycles. The van der Waals surface area contributed by atoms with Gasteiger partial charge in [0.15, 0.2) is 0 Å². The monoisotopic (exact) mass is 139 g/mol. The quantitative estimate of drug-likeness (QED) is 0.491. The van der Waals surface area contributed by atoms with Gasteiger partial charge < -0.3 is 8.41 Å². The third-order valence-corrected chi connectivity index (χ3v) is 1.66. The fourth-order valence-corrected chi connectivity index (χ4v) is 1.13. The van der Waals surface area contributed by atoms with E-state index in [2.05, 4.69) is 48.5 Å². The minimum absolute atomic E-state index is 0. The summed E-state index contributed by atoms with van der Waals surface area (Å²) in [7, 11) is 0. The Bertz CT molecular complexity index is 276. The van der Waals surface area contributed by atoms with Crippen molar-refractivity contribution in [2.45, 2.75) is 0 Å². The average molecular weight is 139 g/mol. The molecule has 0 N–H and O–H groups in total. The van der Waals surface area contributed by atoms with E-state index in [4.69, 9.17) is 0 Å². The van der Waals surface area contributed by atoms with Crippen molar-refractivity contribution >= 4 is 19.2 Å². The molecule has 2 aromatic rings. The largest absolute Gasteiger partial charge is 1.00 e. The van der Waals surface area contributed by atoms with Crippen LogP contribution in [0.5, 0.6) is 0 Å². The van der Waals surface area contributed by atoms with Crippen LogP contribution >= 0.6 is 0 Å². The maximum absolute atomic E-state index is 2.12. The Morgan fingerprint density at radius 3 is 1.09 bits per heavy atom. The molecule has 0 bridgehead atoms. The van der Waals surface area contributed by atoms with Gasteiger partial charge in [-0.3, -0.25) is 0 Å². The Kier molecular flexibility index (Phi) is 2.32. The molecule has 2 aromatic carbocycles. The minimum Gasteiger partial charge on any atom is -1.00 e. The van der Waals surface area contributed by atoms with E-state index in [9.17, 15) is 0 Å². The van der Waals surface area contributed by atoms with E-state index in [1.165, 1.54) is 10.8 Å². The lowest BCUT2D eigenvalue weighted by Crippen LogP contribution is -1.67. The van der Waals surface area contributed by atoms with Crippen molar-refractivity contribution in [1.29, 1.82) is 0 Å². The summed E-state index contributed by atoms with van der Waals surface area (Å²) in [4.78, 5) is 0. The zero-order valence-corrected chi connectivity index (χ0v) is 6.20. The van der Waals surface area contributed by atoms with Crippen LogP contribution in [0.25, 0.3) is 10.8 Å². The normalized spacial score (nSPS) is 9.09. The van der Waals surface area contributed by atoms with E-state index in [-0.39, 0.29) is 8.41 Å². The highest BCUT2D eigenvalue weighted by molar-refractivity contribution is 5.81. The van der Waals surface area contributed by atoms with Gasteiger partial charge in [0, 0.05) is 0 Å². The molecule has 0 unspecified atom stereocenters. The maximum atomic E-state index is 2.12. The topological polar surface area (TPSA) is 0 Å². The van der Waals surface area contributed by atoms with Crippen molar-refractivity contribution in [2.75, 3.05) is 0 Å². The van der Waals surface area contributed by atoms with Crippen molar-refractivity contribution in [3.05, 3.63) is 48.5 Å². The van der Waals surface area contributed by atoms with Gasteiger partial charge in [0.1, 0.15) is 0 Å². The van der Waals surface area contributed by atoms with E-state index in [1.807, 2.05) is 0 Å². The molecule has 0 aliphatic rings. The van der Waals surface area contributed by atoms with E-state index < -0.39 is 0 Å². The molecule has 0 nitrogen and oxygen atoms in total. The Labute approximate surface area is 68.4 Å². The van der Waals surface area contributed by atoms with Gasteiger partial charge in [-0.15, -0.1) is 0 Å². The van der Waals surface area contributed by atoms with Crippen molar-refractivity contribution in [2.24, 2.45) is 0 Å². The zero-order valence-electron chi connectivity index (χ0n) is 6.20. The van der Waals surface area contributed by atoms with Gasteiger partial charge in [-0.25, -0.2) is 0 Å². The second kappa shape index (κ2) is 3.24. The molecular weight excluding hydrogens is 131 g/mol. The lowest BCUT2D eigenvalue weighted by molar-refractivity contribution is 1.75. The molecule has 0 saturated carbocycles. The van der Waals surface area contributed by atoms with Gasteiger partial charge in [-0.2, -0.15) is 0 Å². The molecule has 2 rings (SSSR count). The first kappa shape index (κ1) is 7.87. The van der Waals surface area contributed by atoms with Crippen LogP contribution in [0.3, 0.4) is 0 Å². The summed E-state index contributed by atoms with van der Waals surface area (Å²) in [5.41, 5.74) is 0. The molecule has 0 amide bonds. The first-order valence-corrected chi connectivity index (χ1v) is 3.40. The molecule has 11 heavy (non-hydrogen) atoms.